The lowest BCUT2D eigenvalue weighted by Gasteiger charge is -2.07. The van der Waals surface area contributed by atoms with Gasteiger partial charge in [0, 0.05) is 24.0 Å². The number of carbonyl (C=O) groups is 1. The van der Waals surface area contributed by atoms with E-state index in [2.05, 4.69) is 15.3 Å². The number of benzene rings is 1. The summed E-state index contributed by atoms with van der Waals surface area (Å²) in [4.78, 5) is 20.1. The molecule has 0 atom stereocenters. The molecule has 1 N–H and O–H groups in total. The molecule has 0 unspecified atom stereocenters. The van der Waals surface area contributed by atoms with Gasteiger partial charge in [0.15, 0.2) is 0 Å². The minimum atomic E-state index is -0.330. The van der Waals surface area contributed by atoms with Crippen LogP contribution in [0.25, 0.3) is 0 Å². The quantitative estimate of drug-likeness (QED) is 0.781. The van der Waals surface area contributed by atoms with Crippen LogP contribution in [0.1, 0.15) is 15.9 Å². The van der Waals surface area contributed by atoms with Crippen LogP contribution in [0.3, 0.4) is 0 Å². The first-order chi connectivity index (χ1) is 11.7. The fraction of sp³-hybridized carbons (Fsp3) is 0.0556. The van der Waals surface area contributed by atoms with Crippen molar-refractivity contribution in [3.63, 3.8) is 0 Å². The summed E-state index contributed by atoms with van der Waals surface area (Å²) < 4.78 is 18.9. The number of ether oxygens (including phenoxy) is 1. The second-order valence-electron chi connectivity index (χ2n) is 4.93. The van der Waals surface area contributed by atoms with E-state index in [4.69, 9.17) is 4.74 Å². The highest BCUT2D eigenvalue weighted by Crippen LogP contribution is 2.13. The highest BCUT2D eigenvalue weighted by molar-refractivity contribution is 6.03. The molecule has 0 aliphatic rings. The fourth-order valence-electron chi connectivity index (χ4n) is 1.99. The van der Waals surface area contributed by atoms with Crippen LogP contribution < -0.4 is 10.1 Å². The second-order valence-corrected chi connectivity index (χ2v) is 4.93. The van der Waals surface area contributed by atoms with Gasteiger partial charge in [0.05, 0.1) is 5.56 Å². The van der Waals surface area contributed by atoms with Crippen molar-refractivity contribution in [2.75, 3.05) is 5.32 Å². The first-order valence-electron chi connectivity index (χ1n) is 7.27. The van der Waals surface area contributed by atoms with E-state index >= 15 is 0 Å². The molecule has 0 bridgehead atoms. The van der Waals surface area contributed by atoms with Crippen LogP contribution in [-0.4, -0.2) is 15.9 Å². The van der Waals surface area contributed by atoms with Gasteiger partial charge in [0.25, 0.3) is 5.91 Å². The van der Waals surface area contributed by atoms with E-state index in [1.54, 1.807) is 54.7 Å². The lowest BCUT2D eigenvalue weighted by Crippen LogP contribution is -2.13. The van der Waals surface area contributed by atoms with Crippen molar-refractivity contribution >= 4 is 11.7 Å². The topological polar surface area (TPSA) is 64.1 Å². The molecule has 0 radical (unpaired) electrons. The van der Waals surface area contributed by atoms with Crippen LogP contribution >= 0.6 is 0 Å². The van der Waals surface area contributed by atoms with Gasteiger partial charge in [0.1, 0.15) is 18.2 Å². The average molecular weight is 323 g/mol. The third-order valence-electron chi connectivity index (χ3n) is 3.24. The number of amides is 1. The molecule has 24 heavy (non-hydrogen) atoms. The van der Waals surface area contributed by atoms with Gasteiger partial charge >= 0.3 is 0 Å². The van der Waals surface area contributed by atoms with Crippen molar-refractivity contribution in [2.24, 2.45) is 0 Å². The Hall–Kier alpha value is -3.28. The number of rotatable bonds is 5. The van der Waals surface area contributed by atoms with Crippen LogP contribution in [0, 0.1) is 5.82 Å². The number of pyridine rings is 2. The fourth-order valence-corrected chi connectivity index (χ4v) is 1.99. The molecule has 3 rings (SSSR count). The Morgan fingerprint density at radius 3 is 2.58 bits per heavy atom. The molecule has 5 nitrogen and oxygen atoms in total. The van der Waals surface area contributed by atoms with Gasteiger partial charge in [-0.05, 0) is 24.3 Å². The largest absolute Gasteiger partial charge is 0.473 e. The second kappa shape index (κ2) is 7.32. The van der Waals surface area contributed by atoms with Gasteiger partial charge in [0.2, 0.25) is 5.88 Å². The zero-order valence-corrected chi connectivity index (χ0v) is 12.6. The van der Waals surface area contributed by atoms with Crippen LogP contribution in [0.2, 0.25) is 0 Å². The number of nitrogens with one attached hydrogen (secondary N) is 1. The van der Waals surface area contributed by atoms with E-state index in [1.807, 2.05) is 0 Å². The van der Waals surface area contributed by atoms with Crippen molar-refractivity contribution < 1.29 is 13.9 Å². The van der Waals surface area contributed by atoms with Crippen molar-refractivity contribution in [3.05, 3.63) is 83.9 Å². The predicted molar refractivity (Wildman–Crippen MR) is 87.2 cm³/mol. The van der Waals surface area contributed by atoms with Crippen LogP contribution in [-0.2, 0) is 6.61 Å². The van der Waals surface area contributed by atoms with Crippen LogP contribution in [0.4, 0.5) is 10.2 Å². The Morgan fingerprint density at radius 2 is 1.88 bits per heavy atom. The molecule has 2 aromatic heterocycles. The number of anilines is 1. The van der Waals surface area contributed by atoms with E-state index in [1.165, 1.54) is 12.3 Å². The monoisotopic (exact) mass is 323 g/mol. The molecule has 0 aliphatic heterocycles. The first-order valence-corrected chi connectivity index (χ1v) is 7.27. The van der Waals surface area contributed by atoms with Crippen molar-refractivity contribution in [1.29, 1.82) is 0 Å². The third-order valence-corrected chi connectivity index (χ3v) is 3.24. The lowest BCUT2D eigenvalue weighted by molar-refractivity contribution is 0.102. The van der Waals surface area contributed by atoms with Gasteiger partial charge in [-0.1, -0.05) is 24.3 Å². The summed E-state index contributed by atoms with van der Waals surface area (Å²) in [5.41, 5.74) is 0.815. The minimum Gasteiger partial charge on any atom is -0.473 e. The SMILES string of the molecule is O=C(Nc1ccccn1)c1ccc(OCc2ccccc2F)nc1. The molecule has 0 fully saturated rings. The Kier molecular flexibility index (Phi) is 4.76. The first kappa shape index (κ1) is 15.6. The Labute approximate surface area is 138 Å². The van der Waals surface area contributed by atoms with Crippen molar-refractivity contribution in [3.8, 4) is 5.88 Å². The number of carbonyl (C=O) groups excluding carboxylic acids is 1. The number of halogens is 1. The number of nitrogens with zero attached hydrogens (tertiary/aromatic N) is 2. The summed E-state index contributed by atoms with van der Waals surface area (Å²) in [6.07, 6.45) is 2.99. The lowest BCUT2D eigenvalue weighted by atomic mass is 10.2. The van der Waals surface area contributed by atoms with Crippen molar-refractivity contribution in [2.45, 2.75) is 6.61 Å². The zero-order valence-electron chi connectivity index (χ0n) is 12.6. The Balaban J connectivity index is 1.61. The van der Waals surface area contributed by atoms with E-state index in [0.29, 0.717) is 22.8 Å². The molecule has 2 heterocycles. The number of hydrogen-bond acceptors (Lipinski definition) is 4. The highest BCUT2D eigenvalue weighted by atomic mass is 19.1. The molecule has 0 aliphatic carbocycles. The van der Waals surface area contributed by atoms with E-state index < -0.39 is 0 Å². The smallest absolute Gasteiger partial charge is 0.258 e. The Morgan fingerprint density at radius 1 is 1.04 bits per heavy atom. The van der Waals surface area contributed by atoms with Crippen molar-refractivity contribution in [1.82, 2.24) is 9.97 Å². The maximum absolute atomic E-state index is 13.5. The highest BCUT2D eigenvalue weighted by Gasteiger charge is 2.08. The molecule has 0 saturated heterocycles. The molecule has 0 spiro atoms. The molecule has 120 valence electrons. The van der Waals surface area contributed by atoms with E-state index in [0.717, 1.165) is 0 Å². The van der Waals surface area contributed by atoms with Gasteiger partial charge in [-0.3, -0.25) is 4.79 Å². The molecule has 1 aromatic carbocycles. The van der Waals surface area contributed by atoms with Crippen LogP contribution in [0.15, 0.2) is 67.0 Å². The predicted octanol–water partition coefficient (Wildman–Crippen LogP) is 3.45. The summed E-state index contributed by atoms with van der Waals surface area (Å²) in [5.74, 6) is 0.126. The van der Waals surface area contributed by atoms with Gasteiger partial charge in [-0.15, -0.1) is 0 Å². The molecular formula is C18H14FN3O2. The van der Waals surface area contributed by atoms with Gasteiger partial charge < -0.3 is 10.1 Å². The molecule has 3 aromatic rings. The normalized spacial score (nSPS) is 10.2. The Bertz CT molecular complexity index is 823. The number of aromatic nitrogens is 2. The van der Waals surface area contributed by atoms with Gasteiger partial charge in [-0.2, -0.15) is 0 Å². The van der Waals surface area contributed by atoms with Gasteiger partial charge in [-0.25, -0.2) is 14.4 Å². The molecular weight excluding hydrogens is 309 g/mol. The molecule has 6 heteroatoms. The van der Waals surface area contributed by atoms with E-state index in [9.17, 15) is 9.18 Å². The minimum absolute atomic E-state index is 0.0686. The summed E-state index contributed by atoms with van der Waals surface area (Å²) in [5, 5.41) is 2.66. The summed E-state index contributed by atoms with van der Waals surface area (Å²) in [6, 6.07) is 14.8. The van der Waals surface area contributed by atoms with Crippen LogP contribution in [0.5, 0.6) is 5.88 Å². The molecule has 0 saturated carbocycles. The maximum Gasteiger partial charge on any atom is 0.258 e. The standard InChI is InChI=1S/C18H14FN3O2/c19-15-6-2-1-5-14(15)12-24-17-9-8-13(11-21-17)18(23)22-16-7-3-4-10-20-16/h1-11H,12H2,(H,20,22,23). The summed E-state index contributed by atoms with van der Waals surface area (Å²) in [6.45, 7) is 0.0686. The summed E-state index contributed by atoms with van der Waals surface area (Å²) >= 11 is 0. The zero-order chi connectivity index (χ0) is 16.8. The average Bonchev–Trinajstić information content (AvgIpc) is 2.62. The van der Waals surface area contributed by atoms with E-state index in [-0.39, 0.29) is 18.3 Å². The molecule has 1 amide bonds. The maximum atomic E-state index is 13.5. The third kappa shape index (κ3) is 3.92. The number of hydrogen-bond donors (Lipinski definition) is 1. The summed E-state index contributed by atoms with van der Waals surface area (Å²) in [7, 11) is 0.